The third kappa shape index (κ3) is 1.57. The van der Waals surface area contributed by atoms with E-state index >= 15 is 0 Å². The Morgan fingerprint density at radius 2 is 2.44 bits per heavy atom. The summed E-state index contributed by atoms with van der Waals surface area (Å²) in [7, 11) is 0. The first-order valence-corrected chi connectivity index (χ1v) is 6.51. The summed E-state index contributed by atoms with van der Waals surface area (Å²) in [6, 6.07) is 0.305. The fourth-order valence-corrected chi connectivity index (χ4v) is 3.06. The van der Waals surface area contributed by atoms with Gasteiger partial charge in [-0.05, 0) is 41.5 Å². The molecule has 1 fully saturated rings. The quantitative estimate of drug-likeness (QED) is 0.797. The molecule has 2 atom stereocenters. The number of carbonyl (C=O) groups excluding carboxylic acids is 1. The first-order chi connectivity index (χ1) is 7.75. The number of imidazole rings is 1. The van der Waals surface area contributed by atoms with Gasteiger partial charge in [0.15, 0.2) is 0 Å². The van der Waals surface area contributed by atoms with Crippen LogP contribution in [-0.4, -0.2) is 33.4 Å². The van der Waals surface area contributed by atoms with Gasteiger partial charge in [-0.2, -0.15) is 0 Å². The van der Waals surface area contributed by atoms with Crippen LogP contribution in [0.5, 0.6) is 0 Å². The Hall–Kier alpha value is -0.850. The summed E-state index contributed by atoms with van der Waals surface area (Å²) in [6.45, 7) is 0.857. The lowest BCUT2D eigenvalue weighted by atomic mass is 9.95. The SMILES string of the molecule is O=C1C=CCC2C(c3ncc(I)[nH]3)CCN12. The Balaban J connectivity index is 1.89. The molecule has 3 rings (SSSR count). The molecule has 0 aliphatic carbocycles. The van der Waals surface area contributed by atoms with Crippen molar-refractivity contribution in [1.29, 1.82) is 0 Å². The Bertz CT molecular complexity index is 454. The van der Waals surface area contributed by atoms with Gasteiger partial charge in [-0.15, -0.1) is 0 Å². The molecule has 2 aliphatic rings. The van der Waals surface area contributed by atoms with Crippen LogP contribution in [-0.2, 0) is 4.79 Å². The van der Waals surface area contributed by atoms with Gasteiger partial charge >= 0.3 is 0 Å². The number of carbonyl (C=O) groups is 1. The Labute approximate surface area is 107 Å². The third-order valence-corrected chi connectivity index (χ3v) is 3.93. The molecule has 0 saturated carbocycles. The molecule has 1 saturated heterocycles. The summed E-state index contributed by atoms with van der Waals surface area (Å²) in [6.07, 6.45) is 7.48. The first-order valence-electron chi connectivity index (χ1n) is 5.43. The van der Waals surface area contributed by atoms with Gasteiger partial charge in [0.2, 0.25) is 5.91 Å². The van der Waals surface area contributed by atoms with Gasteiger partial charge < -0.3 is 9.88 Å². The second kappa shape index (κ2) is 3.87. The third-order valence-electron chi connectivity index (χ3n) is 3.38. The van der Waals surface area contributed by atoms with E-state index in [9.17, 15) is 4.79 Å². The van der Waals surface area contributed by atoms with Crippen LogP contribution < -0.4 is 0 Å². The Kier molecular flexibility index (Phi) is 2.49. The van der Waals surface area contributed by atoms with Crippen molar-refractivity contribution in [3.05, 3.63) is 27.9 Å². The molecular weight excluding hydrogens is 317 g/mol. The minimum Gasteiger partial charge on any atom is -0.337 e. The lowest BCUT2D eigenvalue weighted by molar-refractivity contribution is -0.127. The van der Waals surface area contributed by atoms with E-state index in [4.69, 9.17) is 0 Å². The fourth-order valence-electron chi connectivity index (χ4n) is 2.64. The molecule has 0 aromatic carbocycles. The zero-order chi connectivity index (χ0) is 11.1. The predicted octanol–water partition coefficient (Wildman–Crippen LogP) is 1.66. The number of amides is 1. The second-order valence-corrected chi connectivity index (χ2v) is 5.41. The minimum atomic E-state index is 0.153. The highest BCUT2D eigenvalue weighted by Gasteiger charge is 2.39. The highest BCUT2D eigenvalue weighted by molar-refractivity contribution is 14.1. The summed E-state index contributed by atoms with van der Waals surface area (Å²) in [5.41, 5.74) is 0. The molecule has 1 N–H and O–H groups in total. The highest BCUT2D eigenvalue weighted by Crippen LogP contribution is 2.35. The number of nitrogens with zero attached hydrogens (tertiary/aromatic N) is 2. The van der Waals surface area contributed by atoms with Gasteiger partial charge in [0, 0.05) is 18.5 Å². The molecule has 5 heteroatoms. The Morgan fingerprint density at radius 1 is 1.56 bits per heavy atom. The molecule has 0 spiro atoms. The fraction of sp³-hybridized carbons (Fsp3) is 0.455. The van der Waals surface area contributed by atoms with Crippen molar-refractivity contribution in [3.63, 3.8) is 0 Å². The molecular formula is C11H12IN3O. The smallest absolute Gasteiger partial charge is 0.246 e. The maximum atomic E-state index is 11.7. The van der Waals surface area contributed by atoms with Crippen molar-refractivity contribution in [1.82, 2.24) is 14.9 Å². The maximum Gasteiger partial charge on any atom is 0.246 e. The van der Waals surface area contributed by atoms with Crippen LogP contribution in [0.4, 0.5) is 0 Å². The van der Waals surface area contributed by atoms with E-state index in [2.05, 4.69) is 32.6 Å². The summed E-state index contributed by atoms with van der Waals surface area (Å²) in [5, 5.41) is 0. The number of aromatic amines is 1. The van der Waals surface area contributed by atoms with Crippen molar-refractivity contribution in [2.24, 2.45) is 0 Å². The van der Waals surface area contributed by atoms with Gasteiger partial charge in [0.25, 0.3) is 0 Å². The second-order valence-electron chi connectivity index (χ2n) is 4.25. The van der Waals surface area contributed by atoms with Crippen LogP contribution in [0.1, 0.15) is 24.6 Å². The van der Waals surface area contributed by atoms with E-state index < -0.39 is 0 Å². The highest BCUT2D eigenvalue weighted by atomic mass is 127. The molecule has 3 heterocycles. The number of aromatic nitrogens is 2. The van der Waals surface area contributed by atoms with E-state index in [1.54, 1.807) is 6.08 Å². The largest absolute Gasteiger partial charge is 0.337 e. The summed E-state index contributed by atoms with van der Waals surface area (Å²) < 4.78 is 1.06. The number of hydrogen-bond acceptors (Lipinski definition) is 2. The molecule has 0 bridgehead atoms. The number of fused-ring (bicyclic) bond motifs is 1. The lowest BCUT2D eigenvalue weighted by Gasteiger charge is -2.28. The summed E-state index contributed by atoms with van der Waals surface area (Å²) >= 11 is 2.23. The lowest BCUT2D eigenvalue weighted by Crippen LogP contribution is -2.38. The average Bonchev–Trinajstić information content (AvgIpc) is 2.84. The van der Waals surface area contributed by atoms with Crippen molar-refractivity contribution in [3.8, 4) is 0 Å². The molecule has 0 radical (unpaired) electrons. The van der Waals surface area contributed by atoms with Crippen molar-refractivity contribution >= 4 is 28.5 Å². The maximum absolute atomic E-state index is 11.7. The summed E-state index contributed by atoms with van der Waals surface area (Å²) in [4.78, 5) is 21.3. The van der Waals surface area contributed by atoms with Gasteiger partial charge in [0.05, 0.1) is 9.90 Å². The van der Waals surface area contributed by atoms with Crippen LogP contribution in [0.3, 0.4) is 0 Å². The van der Waals surface area contributed by atoms with Gasteiger partial charge in [-0.1, -0.05) is 6.08 Å². The predicted molar refractivity (Wildman–Crippen MR) is 67.9 cm³/mol. The molecule has 2 aliphatic heterocycles. The van der Waals surface area contributed by atoms with E-state index in [0.717, 1.165) is 28.9 Å². The molecule has 2 unspecified atom stereocenters. The minimum absolute atomic E-state index is 0.153. The number of hydrogen-bond donors (Lipinski definition) is 1. The number of halogens is 1. The monoisotopic (exact) mass is 329 g/mol. The number of rotatable bonds is 1. The molecule has 1 aromatic heterocycles. The van der Waals surface area contributed by atoms with Crippen LogP contribution >= 0.6 is 22.6 Å². The van der Waals surface area contributed by atoms with Crippen molar-refractivity contribution in [2.45, 2.75) is 24.8 Å². The number of H-pyrrole nitrogens is 1. The standard InChI is InChI=1S/C11H12IN3O/c12-9-6-13-11(14-9)7-4-5-15-8(7)2-1-3-10(15)16/h1,3,6-8H,2,4-5H2,(H,13,14). The number of nitrogens with one attached hydrogen (secondary N) is 1. The zero-order valence-electron chi connectivity index (χ0n) is 8.69. The van der Waals surface area contributed by atoms with E-state index in [0.29, 0.717) is 12.0 Å². The summed E-state index contributed by atoms with van der Waals surface area (Å²) in [5.74, 6) is 1.55. The van der Waals surface area contributed by atoms with Crippen molar-refractivity contribution < 1.29 is 4.79 Å². The topological polar surface area (TPSA) is 49.0 Å². The van der Waals surface area contributed by atoms with E-state index in [1.807, 2.05) is 17.2 Å². The van der Waals surface area contributed by atoms with Crippen LogP contribution in [0.15, 0.2) is 18.3 Å². The van der Waals surface area contributed by atoms with Gasteiger partial charge in [0.1, 0.15) is 5.82 Å². The van der Waals surface area contributed by atoms with Crippen LogP contribution in [0.2, 0.25) is 0 Å². The molecule has 84 valence electrons. The van der Waals surface area contributed by atoms with E-state index in [-0.39, 0.29) is 5.91 Å². The van der Waals surface area contributed by atoms with Crippen LogP contribution in [0, 0.1) is 3.70 Å². The molecule has 1 aromatic rings. The van der Waals surface area contributed by atoms with Gasteiger partial charge in [-0.25, -0.2) is 4.98 Å². The van der Waals surface area contributed by atoms with Crippen LogP contribution in [0.25, 0.3) is 0 Å². The average molecular weight is 329 g/mol. The molecule has 1 amide bonds. The zero-order valence-corrected chi connectivity index (χ0v) is 10.8. The van der Waals surface area contributed by atoms with Gasteiger partial charge in [-0.3, -0.25) is 4.79 Å². The molecule has 4 nitrogen and oxygen atoms in total. The Morgan fingerprint density at radius 3 is 3.19 bits per heavy atom. The molecule has 16 heavy (non-hydrogen) atoms. The van der Waals surface area contributed by atoms with Crippen molar-refractivity contribution in [2.75, 3.05) is 6.54 Å². The van der Waals surface area contributed by atoms with E-state index in [1.165, 1.54) is 0 Å². The first kappa shape index (κ1) is 10.3. The normalized spacial score (nSPS) is 28.6.